The molecule has 0 radical (unpaired) electrons. The first-order valence-electron chi connectivity index (χ1n) is 11.8. The molecule has 8 heteroatoms. The summed E-state index contributed by atoms with van der Waals surface area (Å²) in [4.78, 5) is 22.8. The lowest BCUT2D eigenvalue weighted by Gasteiger charge is -2.35. The van der Waals surface area contributed by atoms with E-state index < -0.39 is 0 Å². The Morgan fingerprint density at radius 1 is 1.03 bits per heavy atom. The number of amides is 1. The van der Waals surface area contributed by atoms with Gasteiger partial charge in [-0.25, -0.2) is 4.39 Å². The minimum Gasteiger partial charge on any atom is -0.495 e. The van der Waals surface area contributed by atoms with Gasteiger partial charge in [-0.2, -0.15) is 0 Å². The van der Waals surface area contributed by atoms with Gasteiger partial charge in [-0.05, 0) is 60.0 Å². The summed E-state index contributed by atoms with van der Waals surface area (Å²) in [6, 6.07) is 22.2. The molecule has 0 atom stereocenters. The average molecular weight is 503 g/mol. The van der Waals surface area contributed by atoms with Crippen molar-refractivity contribution < 1.29 is 13.9 Å². The summed E-state index contributed by atoms with van der Waals surface area (Å²) in [5.74, 6) is 0.364. The molecule has 5 rings (SSSR count). The van der Waals surface area contributed by atoms with Crippen LogP contribution in [0.15, 0.2) is 83.9 Å². The maximum Gasteiger partial charge on any atom is 0.254 e. The molecule has 0 aliphatic carbocycles. The van der Waals surface area contributed by atoms with Crippen molar-refractivity contribution in [2.45, 2.75) is 11.4 Å². The number of anilines is 1. The lowest BCUT2D eigenvalue weighted by molar-refractivity contribution is 0.0628. The number of aromatic nitrogens is 1. The average Bonchev–Trinajstić information content (AvgIpc) is 2.92. The molecule has 2 heterocycles. The van der Waals surface area contributed by atoms with E-state index in [0.29, 0.717) is 30.9 Å². The minimum absolute atomic E-state index is 0.0174. The number of nitrogens with one attached hydrogen (secondary N) is 1. The minimum atomic E-state index is -0.222. The number of fused-ring (bicyclic) bond motifs is 1. The Bertz CT molecular complexity index is 1370. The van der Waals surface area contributed by atoms with Gasteiger partial charge in [-0.3, -0.25) is 14.7 Å². The summed E-state index contributed by atoms with van der Waals surface area (Å²) in [7, 11) is 1.60. The number of carbonyl (C=O) groups excluding carboxylic acids is 1. The van der Waals surface area contributed by atoms with Crippen molar-refractivity contribution in [3.05, 3.63) is 95.9 Å². The van der Waals surface area contributed by atoms with E-state index in [4.69, 9.17) is 4.74 Å². The SMILES string of the molecule is COc1cc(C(=O)N2CCN(Cc3cccc(F)c3)CC2)ccc1NSc1cccc2cccnc12. The molecular weight excluding hydrogens is 475 g/mol. The lowest BCUT2D eigenvalue weighted by atomic mass is 10.1. The molecular formula is C28H27FN4O2S. The molecule has 0 spiro atoms. The van der Waals surface area contributed by atoms with Crippen LogP contribution >= 0.6 is 11.9 Å². The molecule has 36 heavy (non-hydrogen) atoms. The monoisotopic (exact) mass is 502 g/mol. The molecule has 0 unspecified atom stereocenters. The van der Waals surface area contributed by atoms with E-state index in [1.807, 2.05) is 53.4 Å². The van der Waals surface area contributed by atoms with Crippen molar-refractivity contribution in [2.24, 2.45) is 0 Å². The Hall–Kier alpha value is -3.62. The second-order valence-corrected chi connectivity index (χ2v) is 9.50. The number of benzene rings is 3. The number of para-hydroxylation sites is 1. The van der Waals surface area contributed by atoms with Gasteiger partial charge in [0.05, 0.1) is 23.2 Å². The quantitative estimate of drug-likeness (QED) is 0.339. The summed E-state index contributed by atoms with van der Waals surface area (Å²) in [6.45, 7) is 3.42. The van der Waals surface area contributed by atoms with E-state index in [2.05, 4.69) is 14.6 Å². The molecule has 1 amide bonds. The molecule has 1 N–H and O–H groups in total. The predicted molar refractivity (Wildman–Crippen MR) is 142 cm³/mol. The van der Waals surface area contributed by atoms with Crippen LogP contribution in [0.4, 0.5) is 10.1 Å². The van der Waals surface area contributed by atoms with Crippen molar-refractivity contribution in [1.29, 1.82) is 0 Å². The second kappa shape index (κ2) is 11.0. The number of carbonyl (C=O) groups is 1. The number of rotatable bonds is 7. The Morgan fingerprint density at radius 2 is 1.83 bits per heavy atom. The molecule has 1 aromatic heterocycles. The zero-order chi connectivity index (χ0) is 24.9. The van der Waals surface area contributed by atoms with Gasteiger partial charge in [0.2, 0.25) is 0 Å². The number of hydrogen-bond donors (Lipinski definition) is 1. The molecule has 0 saturated carbocycles. The maximum atomic E-state index is 13.5. The zero-order valence-corrected chi connectivity index (χ0v) is 20.8. The van der Waals surface area contributed by atoms with E-state index in [1.165, 1.54) is 18.0 Å². The molecule has 3 aromatic carbocycles. The van der Waals surface area contributed by atoms with Crippen LogP contribution in [-0.4, -0.2) is 54.0 Å². The van der Waals surface area contributed by atoms with Crippen LogP contribution < -0.4 is 9.46 Å². The van der Waals surface area contributed by atoms with Crippen molar-refractivity contribution in [1.82, 2.24) is 14.8 Å². The molecule has 6 nitrogen and oxygen atoms in total. The van der Waals surface area contributed by atoms with Crippen molar-refractivity contribution in [2.75, 3.05) is 38.0 Å². The first-order valence-corrected chi connectivity index (χ1v) is 12.6. The number of pyridine rings is 1. The first-order chi connectivity index (χ1) is 17.6. The highest BCUT2D eigenvalue weighted by Gasteiger charge is 2.23. The molecule has 1 aliphatic heterocycles. The summed E-state index contributed by atoms with van der Waals surface area (Å²) >= 11 is 1.46. The molecule has 1 saturated heterocycles. The van der Waals surface area contributed by atoms with Crippen LogP contribution in [0.2, 0.25) is 0 Å². The normalized spacial score (nSPS) is 14.1. The van der Waals surface area contributed by atoms with E-state index >= 15 is 0 Å². The van der Waals surface area contributed by atoms with Crippen LogP contribution in [0.25, 0.3) is 10.9 Å². The molecule has 1 aliphatic rings. The number of methoxy groups -OCH3 is 1. The molecule has 4 aromatic rings. The second-order valence-electron chi connectivity index (χ2n) is 8.65. The standard InChI is InChI=1S/C28H27FN4O2S/c1-35-25-18-22(10-11-24(25)31-36-26-9-3-6-21-7-4-12-30-27(21)26)28(34)33-15-13-32(14-16-33)19-20-5-2-8-23(29)17-20/h2-12,17-18,31H,13-16,19H2,1H3. The third-order valence-electron chi connectivity index (χ3n) is 6.27. The Morgan fingerprint density at radius 3 is 2.64 bits per heavy atom. The molecule has 184 valence electrons. The number of hydrogen-bond acceptors (Lipinski definition) is 6. The van der Waals surface area contributed by atoms with Gasteiger partial charge in [0.1, 0.15) is 11.6 Å². The zero-order valence-electron chi connectivity index (χ0n) is 20.0. The fourth-order valence-electron chi connectivity index (χ4n) is 4.36. The van der Waals surface area contributed by atoms with Gasteiger partial charge in [0, 0.05) is 49.9 Å². The van der Waals surface area contributed by atoms with E-state index in [0.717, 1.165) is 40.1 Å². The summed E-state index contributed by atoms with van der Waals surface area (Å²) in [5, 5.41) is 1.08. The third kappa shape index (κ3) is 5.45. The first kappa shape index (κ1) is 24.1. The summed E-state index contributed by atoms with van der Waals surface area (Å²) < 4.78 is 22.4. The van der Waals surface area contributed by atoms with E-state index in [-0.39, 0.29) is 11.7 Å². The van der Waals surface area contributed by atoms with Gasteiger partial charge in [0.25, 0.3) is 5.91 Å². The van der Waals surface area contributed by atoms with Crippen LogP contribution in [0.5, 0.6) is 5.75 Å². The van der Waals surface area contributed by atoms with Crippen molar-refractivity contribution >= 4 is 34.4 Å². The topological polar surface area (TPSA) is 57.7 Å². The number of halogens is 1. The van der Waals surface area contributed by atoms with E-state index in [9.17, 15) is 9.18 Å². The van der Waals surface area contributed by atoms with E-state index in [1.54, 1.807) is 31.5 Å². The van der Waals surface area contributed by atoms with Gasteiger partial charge in [-0.15, -0.1) is 0 Å². The maximum absolute atomic E-state index is 13.5. The van der Waals surface area contributed by atoms with Crippen LogP contribution in [0.3, 0.4) is 0 Å². The number of ether oxygens (including phenoxy) is 1. The lowest BCUT2D eigenvalue weighted by Crippen LogP contribution is -2.48. The van der Waals surface area contributed by atoms with Gasteiger partial charge >= 0.3 is 0 Å². The van der Waals surface area contributed by atoms with Crippen LogP contribution in [-0.2, 0) is 6.54 Å². The summed E-state index contributed by atoms with van der Waals surface area (Å²) in [5.41, 5.74) is 3.25. The third-order valence-corrected chi connectivity index (χ3v) is 7.14. The Balaban J connectivity index is 1.21. The Kier molecular flexibility index (Phi) is 7.34. The number of piperazine rings is 1. The highest BCUT2D eigenvalue weighted by atomic mass is 32.2. The highest BCUT2D eigenvalue weighted by molar-refractivity contribution is 8.00. The number of nitrogens with zero attached hydrogens (tertiary/aromatic N) is 3. The van der Waals surface area contributed by atoms with Crippen LogP contribution in [0.1, 0.15) is 15.9 Å². The van der Waals surface area contributed by atoms with Gasteiger partial charge in [0.15, 0.2) is 0 Å². The smallest absolute Gasteiger partial charge is 0.254 e. The van der Waals surface area contributed by atoms with Crippen LogP contribution in [0, 0.1) is 5.82 Å². The fraction of sp³-hybridized carbons (Fsp3) is 0.214. The molecule has 1 fully saturated rings. The van der Waals surface area contributed by atoms with Crippen molar-refractivity contribution in [3.8, 4) is 5.75 Å². The predicted octanol–water partition coefficient (Wildman–Crippen LogP) is 5.46. The van der Waals surface area contributed by atoms with Crippen molar-refractivity contribution in [3.63, 3.8) is 0 Å². The molecule has 0 bridgehead atoms. The largest absolute Gasteiger partial charge is 0.495 e. The summed E-state index contributed by atoms with van der Waals surface area (Å²) in [6.07, 6.45) is 1.79. The Labute approximate surface area is 214 Å². The fourth-order valence-corrected chi connectivity index (χ4v) is 5.16. The highest BCUT2D eigenvalue weighted by Crippen LogP contribution is 2.33. The van der Waals surface area contributed by atoms with Gasteiger partial charge in [-0.1, -0.05) is 30.3 Å². The van der Waals surface area contributed by atoms with Gasteiger partial charge < -0.3 is 14.4 Å².